The summed E-state index contributed by atoms with van der Waals surface area (Å²) < 4.78 is 6.17. The average Bonchev–Trinajstić information content (AvgIpc) is 3.56. The molecule has 234 valence electrons. The summed E-state index contributed by atoms with van der Waals surface area (Å²) >= 11 is 2.57. The number of ether oxygens (including phenoxy) is 1. The summed E-state index contributed by atoms with van der Waals surface area (Å²) in [5.41, 5.74) is 7.92. The number of phenolic OH excluding ortho intramolecular Hbond substituents is 1. The van der Waals surface area contributed by atoms with Crippen molar-refractivity contribution in [1.29, 1.82) is 0 Å². The number of phenols is 1. The molecule has 0 radical (unpaired) electrons. The Morgan fingerprint density at radius 2 is 1.70 bits per heavy atom. The van der Waals surface area contributed by atoms with Crippen LogP contribution in [0.4, 0.5) is 0 Å². The minimum absolute atomic E-state index is 0.0119. The van der Waals surface area contributed by atoms with Gasteiger partial charge in [-0.05, 0) is 22.8 Å². The van der Waals surface area contributed by atoms with Gasteiger partial charge in [0.25, 0.3) is 11.8 Å². The zero-order valence-electron chi connectivity index (χ0n) is 24.2. The minimum Gasteiger partial charge on any atom is -0.508 e. The van der Waals surface area contributed by atoms with Crippen molar-refractivity contribution in [2.45, 2.75) is 29.1 Å². The van der Waals surface area contributed by atoms with Crippen LogP contribution in [-0.2, 0) is 25.5 Å². The number of hydrogen-bond donors (Lipinski definition) is 4. The van der Waals surface area contributed by atoms with Crippen molar-refractivity contribution in [3.8, 4) is 5.75 Å². The number of esters is 1. The molecule has 46 heavy (non-hydrogen) atoms. The molecule has 3 amide bonds. The van der Waals surface area contributed by atoms with E-state index in [0.29, 0.717) is 16.9 Å². The molecule has 3 aromatic carbocycles. The molecular formula is C32H28N6O6S2. The molecule has 2 aliphatic heterocycles. The predicted molar refractivity (Wildman–Crippen MR) is 170 cm³/mol. The zero-order valence-corrected chi connectivity index (χ0v) is 25.8. The summed E-state index contributed by atoms with van der Waals surface area (Å²) in [7, 11) is 0. The summed E-state index contributed by atoms with van der Waals surface area (Å²) in [6.45, 7) is 0. The lowest BCUT2D eigenvalue weighted by molar-refractivity contribution is -0.154. The Morgan fingerprint density at radius 1 is 1.04 bits per heavy atom. The standard InChI is InChI=1S/C32H28N6O6S2/c33-27(41)28-35-32(37-36-28)46-17-21-16-45-30-24(34-23(40)15-20-13-7-8-14-22(20)39)29(42)38(30)25(21)31(43)44-26(18-9-3-1-4-10-18)19-11-5-2-6-12-19/h1-14,24,26,30,39H,15-17H2,(H2,33,41)(H,34,40)(H,35,36,37)/t24?,30-/m1/s1. The van der Waals surface area contributed by atoms with Gasteiger partial charge in [-0.25, -0.2) is 4.79 Å². The van der Waals surface area contributed by atoms with Crippen LogP contribution < -0.4 is 11.1 Å². The van der Waals surface area contributed by atoms with Gasteiger partial charge < -0.3 is 20.9 Å². The van der Waals surface area contributed by atoms with Crippen LogP contribution in [0.5, 0.6) is 5.75 Å². The van der Waals surface area contributed by atoms with E-state index in [4.69, 9.17) is 10.5 Å². The fourth-order valence-corrected chi connectivity index (χ4v) is 7.44. The molecule has 1 aromatic heterocycles. The summed E-state index contributed by atoms with van der Waals surface area (Å²) in [6.07, 6.45) is -0.860. The van der Waals surface area contributed by atoms with Gasteiger partial charge in [-0.3, -0.25) is 24.4 Å². The van der Waals surface area contributed by atoms with Crippen molar-refractivity contribution in [2.75, 3.05) is 11.5 Å². The van der Waals surface area contributed by atoms with Crippen LogP contribution in [-0.4, -0.2) is 71.8 Å². The Labute approximate surface area is 271 Å². The molecule has 2 aliphatic rings. The number of hydrogen-bond acceptors (Lipinski definition) is 10. The van der Waals surface area contributed by atoms with E-state index < -0.39 is 41.2 Å². The number of nitrogens with zero attached hydrogens (tertiary/aromatic N) is 3. The predicted octanol–water partition coefficient (Wildman–Crippen LogP) is 2.93. The smallest absolute Gasteiger partial charge is 0.356 e. The molecule has 1 saturated heterocycles. The summed E-state index contributed by atoms with van der Waals surface area (Å²) in [4.78, 5) is 57.5. The Morgan fingerprint density at radius 3 is 2.33 bits per heavy atom. The van der Waals surface area contributed by atoms with E-state index in [0.717, 1.165) is 11.1 Å². The van der Waals surface area contributed by atoms with Gasteiger partial charge in [0.05, 0.1) is 6.42 Å². The van der Waals surface area contributed by atoms with Crippen LogP contribution in [0.25, 0.3) is 0 Å². The number of aromatic hydroxyl groups is 1. The maximum Gasteiger partial charge on any atom is 0.356 e. The van der Waals surface area contributed by atoms with E-state index in [-0.39, 0.29) is 34.6 Å². The van der Waals surface area contributed by atoms with Crippen LogP contribution in [0.2, 0.25) is 0 Å². The Hall–Kier alpha value is -5.08. The number of aromatic nitrogens is 3. The Balaban J connectivity index is 1.27. The first-order valence-electron chi connectivity index (χ1n) is 14.2. The molecule has 6 rings (SSSR count). The molecule has 14 heteroatoms. The van der Waals surface area contributed by atoms with Crippen molar-refractivity contribution in [1.82, 2.24) is 25.4 Å². The molecule has 0 saturated carbocycles. The van der Waals surface area contributed by atoms with Gasteiger partial charge in [-0.1, -0.05) is 90.6 Å². The van der Waals surface area contributed by atoms with Crippen LogP contribution >= 0.6 is 23.5 Å². The van der Waals surface area contributed by atoms with Gasteiger partial charge in [0.1, 0.15) is 22.9 Å². The molecule has 0 bridgehead atoms. The lowest BCUT2D eigenvalue weighted by atomic mass is 10.0. The molecule has 1 fully saturated rings. The zero-order chi connectivity index (χ0) is 32.2. The number of amides is 3. The van der Waals surface area contributed by atoms with Crippen LogP contribution in [0.3, 0.4) is 0 Å². The fraction of sp³-hybridized carbons (Fsp3) is 0.188. The van der Waals surface area contributed by atoms with Crippen molar-refractivity contribution in [3.05, 3.63) is 119 Å². The maximum absolute atomic E-state index is 14.1. The number of aromatic amines is 1. The molecule has 4 aromatic rings. The third kappa shape index (κ3) is 6.48. The number of rotatable bonds is 11. The van der Waals surface area contributed by atoms with E-state index >= 15 is 0 Å². The SMILES string of the molecule is NC(=O)c1nc(SCC2=C(C(=O)OC(c3ccccc3)c3ccccc3)N3C(=O)C(NC(=O)Cc4ccccc4O)[C@H]3SC2)n[nH]1. The molecule has 3 heterocycles. The number of para-hydroxylation sites is 1. The summed E-state index contributed by atoms with van der Waals surface area (Å²) in [6, 6.07) is 24.2. The Bertz CT molecular complexity index is 1780. The van der Waals surface area contributed by atoms with Crippen molar-refractivity contribution in [2.24, 2.45) is 5.73 Å². The number of nitrogens with two attached hydrogens (primary N) is 1. The highest BCUT2D eigenvalue weighted by Crippen LogP contribution is 2.42. The van der Waals surface area contributed by atoms with E-state index in [9.17, 15) is 24.3 Å². The van der Waals surface area contributed by atoms with Gasteiger partial charge in [-0.2, -0.15) is 4.98 Å². The molecule has 0 aliphatic carbocycles. The van der Waals surface area contributed by atoms with Gasteiger partial charge in [0, 0.05) is 17.1 Å². The Kier molecular flexibility index (Phi) is 9.08. The van der Waals surface area contributed by atoms with Gasteiger partial charge in [0.15, 0.2) is 6.10 Å². The number of β-lactam (4-membered cyclic amide) rings is 1. The first-order chi connectivity index (χ1) is 22.3. The summed E-state index contributed by atoms with van der Waals surface area (Å²) in [5, 5.41) is 19.0. The minimum atomic E-state index is -0.870. The lowest BCUT2D eigenvalue weighted by Crippen LogP contribution is -2.70. The highest BCUT2D eigenvalue weighted by molar-refractivity contribution is 8.01. The molecule has 0 spiro atoms. The summed E-state index contributed by atoms with van der Waals surface area (Å²) in [5.74, 6) is -1.88. The molecule has 1 unspecified atom stereocenters. The highest BCUT2D eigenvalue weighted by atomic mass is 32.2. The molecule has 12 nitrogen and oxygen atoms in total. The first-order valence-corrected chi connectivity index (χ1v) is 16.2. The van der Waals surface area contributed by atoms with E-state index in [1.54, 1.807) is 18.2 Å². The molecule has 2 atom stereocenters. The third-order valence-electron chi connectivity index (χ3n) is 7.40. The largest absolute Gasteiger partial charge is 0.508 e. The third-order valence-corrected chi connectivity index (χ3v) is 9.68. The number of primary amides is 1. The van der Waals surface area contributed by atoms with E-state index in [1.807, 2.05) is 60.7 Å². The highest BCUT2D eigenvalue weighted by Gasteiger charge is 2.54. The maximum atomic E-state index is 14.1. The van der Waals surface area contributed by atoms with Crippen LogP contribution in [0, 0.1) is 0 Å². The molecule has 5 N–H and O–H groups in total. The second-order valence-corrected chi connectivity index (χ2v) is 12.5. The van der Waals surface area contributed by atoms with Crippen LogP contribution in [0.1, 0.15) is 33.4 Å². The van der Waals surface area contributed by atoms with Crippen LogP contribution in [0.15, 0.2) is 101 Å². The quantitative estimate of drug-likeness (QED) is 0.107. The van der Waals surface area contributed by atoms with E-state index in [2.05, 4.69) is 20.5 Å². The number of carbonyl (C=O) groups excluding carboxylic acids is 4. The first kappa shape index (κ1) is 30.9. The second kappa shape index (κ2) is 13.5. The van der Waals surface area contributed by atoms with Crippen molar-refractivity contribution < 1.29 is 29.0 Å². The fourth-order valence-electron chi connectivity index (χ4n) is 5.16. The molecular weight excluding hydrogens is 629 g/mol. The van der Waals surface area contributed by atoms with Gasteiger partial charge in [0.2, 0.25) is 16.9 Å². The van der Waals surface area contributed by atoms with Crippen molar-refractivity contribution >= 4 is 47.2 Å². The second-order valence-electron chi connectivity index (χ2n) is 10.4. The average molecular weight is 657 g/mol. The lowest BCUT2D eigenvalue weighted by Gasteiger charge is -2.49. The monoisotopic (exact) mass is 656 g/mol. The van der Waals surface area contributed by atoms with Gasteiger partial charge >= 0.3 is 5.97 Å². The van der Waals surface area contributed by atoms with Gasteiger partial charge in [-0.15, -0.1) is 16.9 Å². The topological polar surface area (TPSA) is 181 Å². The number of fused-ring (bicyclic) bond motifs is 1. The number of H-pyrrole nitrogens is 1. The number of thioether (sulfide) groups is 2. The van der Waals surface area contributed by atoms with Crippen molar-refractivity contribution in [3.63, 3.8) is 0 Å². The number of benzene rings is 3. The van der Waals surface area contributed by atoms with E-state index in [1.165, 1.54) is 34.5 Å². The number of nitrogens with one attached hydrogen (secondary N) is 2. The number of carbonyl (C=O) groups is 4. The normalized spacial score (nSPS) is 17.3.